The summed E-state index contributed by atoms with van der Waals surface area (Å²) in [4.78, 5) is 26.2. The van der Waals surface area contributed by atoms with Gasteiger partial charge < -0.3 is 10.5 Å². The molecule has 0 aromatic heterocycles. The van der Waals surface area contributed by atoms with E-state index in [1.165, 1.54) is 12.0 Å². The molecule has 2 N–H and O–H groups in total. The molecule has 106 valence electrons. The van der Waals surface area contributed by atoms with E-state index in [0.29, 0.717) is 17.1 Å². The Hall–Kier alpha value is -2.04. The zero-order valence-electron chi connectivity index (χ0n) is 11.5. The number of amides is 2. The molecule has 0 radical (unpaired) electrons. The van der Waals surface area contributed by atoms with Crippen molar-refractivity contribution in [3.63, 3.8) is 0 Å². The third kappa shape index (κ3) is 1.85. The van der Waals surface area contributed by atoms with Crippen LogP contribution in [0.1, 0.15) is 25.7 Å². The first kappa shape index (κ1) is 13.0. The molecule has 5 nitrogen and oxygen atoms in total. The molecule has 0 spiro atoms. The Labute approximate surface area is 117 Å². The van der Waals surface area contributed by atoms with Crippen LogP contribution in [0.4, 0.5) is 11.4 Å². The normalized spacial score (nSPS) is 25.8. The van der Waals surface area contributed by atoms with Crippen molar-refractivity contribution in [2.45, 2.75) is 25.7 Å². The molecule has 2 atom stereocenters. The molecule has 2 fully saturated rings. The molecule has 1 saturated carbocycles. The second kappa shape index (κ2) is 4.81. The summed E-state index contributed by atoms with van der Waals surface area (Å²) < 4.78 is 5.16. The number of ether oxygens (including phenoxy) is 1. The molecule has 20 heavy (non-hydrogen) atoms. The third-order valence-electron chi connectivity index (χ3n) is 4.32. The highest BCUT2D eigenvalue weighted by atomic mass is 16.5. The standard InChI is InChI=1S/C15H18N2O3/c1-20-13-8-9(6-7-12(13)16)17-14(18)10-4-2-3-5-11(10)15(17)19/h6-8,10-11H,2-5,16H2,1H3. The van der Waals surface area contributed by atoms with Crippen molar-refractivity contribution in [2.24, 2.45) is 11.8 Å². The van der Waals surface area contributed by atoms with Gasteiger partial charge in [0.2, 0.25) is 11.8 Å². The summed E-state index contributed by atoms with van der Waals surface area (Å²) in [6, 6.07) is 5.02. The van der Waals surface area contributed by atoms with E-state index in [1.54, 1.807) is 18.2 Å². The number of hydrogen-bond acceptors (Lipinski definition) is 4. The van der Waals surface area contributed by atoms with Crippen molar-refractivity contribution < 1.29 is 14.3 Å². The quantitative estimate of drug-likeness (QED) is 0.661. The van der Waals surface area contributed by atoms with Crippen molar-refractivity contribution in [1.82, 2.24) is 0 Å². The summed E-state index contributed by atoms with van der Waals surface area (Å²) in [6.07, 6.45) is 3.69. The van der Waals surface area contributed by atoms with Gasteiger partial charge in [0.1, 0.15) is 5.75 Å². The molecule has 3 rings (SSSR count). The van der Waals surface area contributed by atoms with Crippen molar-refractivity contribution in [1.29, 1.82) is 0 Å². The summed E-state index contributed by atoms with van der Waals surface area (Å²) in [5.74, 6) is 0.0515. The lowest BCUT2D eigenvalue weighted by atomic mass is 9.81. The highest BCUT2D eigenvalue weighted by Gasteiger charge is 2.48. The average molecular weight is 274 g/mol. The fourth-order valence-electron chi connectivity index (χ4n) is 3.26. The number of nitrogen functional groups attached to an aromatic ring is 1. The first-order chi connectivity index (χ1) is 9.63. The number of anilines is 2. The maximum atomic E-state index is 12.5. The Morgan fingerprint density at radius 2 is 1.75 bits per heavy atom. The fraction of sp³-hybridized carbons (Fsp3) is 0.467. The molecule has 1 aliphatic heterocycles. The maximum Gasteiger partial charge on any atom is 0.237 e. The molecule has 1 saturated heterocycles. The molecule has 2 aliphatic rings. The van der Waals surface area contributed by atoms with Crippen LogP contribution in [0.5, 0.6) is 5.75 Å². The van der Waals surface area contributed by atoms with Crippen LogP contribution in [0.25, 0.3) is 0 Å². The number of methoxy groups -OCH3 is 1. The molecule has 1 aromatic rings. The maximum absolute atomic E-state index is 12.5. The van der Waals surface area contributed by atoms with Crippen molar-refractivity contribution in [3.8, 4) is 5.75 Å². The molecule has 0 bridgehead atoms. The molecule has 1 aromatic carbocycles. The zero-order valence-corrected chi connectivity index (χ0v) is 11.5. The predicted octanol–water partition coefficient (Wildman–Crippen LogP) is 1.96. The topological polar surface area (TPSA) is 72.6 Å². The van der Waals surface area contributed by atoms with Gasteiger partial charge in [-0.05, 0) is 25.0 Å². The van der Waals surface area contributed by atoms with Gasteiger partial charge in [0.05, 0.1) is 30.3 Å². The number of nitrogens with zero attached hydrogens (tertiary/aromatic N) is 1. The van der Waals surface area contributed by atoms with Gasteiger partial charge >= 0.3 is 0 Å². The lowest BCUT2D eigenvalue weighted by Gasteiger charge is -2.19. The monoisotopic (exact) mass is 274 g/mol. The Morgan fingerprint density at radius 1 is 1.15 bits per heavy atom. The van der Waals surface area contributed by atoms with Gasteiger partial charge in [0, 0.05) is 6.07 Å². The van der Waals surface area contributed by atoms with E-state index >= 15 is 0 Å². The number of carbonyl (C=O) groups is 2. The van der Waals surface area contributed by atoms with E-state index in [9.17, 15) is 9.59 Å². The van der Waals surface area contributed by atoms with Crippen molar-refractivity contribution in [2.75, 3.05) is 17.7 Å². The largest absolute Gasteiger partial charge is 0.495 e. The van der Waals surface area contributed by atoms with Crippen LogP contribution >= 0.6 is 0 Å². The fourth-order valence-corrected chi connectivity index (χ4v) is 3.26. The Kier molecular flexibility index (Phi) is 3.12. The van der Waals surface area contributed by atoms with Crippen LogP contribution in [0.15, 0.2) is 18.2 Å². The molecule has 1 heterocycles. The molecule has 1 aliphatic carbocycles. The van der Waals surface area contributed by atoms with Gasteiger partial charge in [-0.25, -0.2) is 4.90 Å². The van der Waals surface area contributed by atoms with Crippen LogP contribution in [0, 0.1) is 11.8 Å². The van der Waals surface area contributed by atoms with Crippen LogP contribution < -0.4 is 15.4 Å². The number of fused-ring (bicyclic) bond motifs is 1. The smallest absolute Gasteiger partial charge is 0.237 e. The van der Waals surface area contributed by atoms with E-state index in [0.717, 1.165) is 25.7 Å². The summed E-state index contributed by atoms with van der Waals surface area (Å²) in [6.45, 7) is 0. The summed E-state index contributed by atoms with van der Waals surface area (Å²) in [5.41, 5.74) is 6.82. The van der Waals surface area contributed by atoms with Gasteiger partial charge in [-0.15, -0.1) is 0 Å². The number of benzene rings is 1. The number of carbonyl (C=O) groups excluding carboxylic acids is 2. The average Bonchev–Trinajstić information content (AvgIpc) is 2.72. The molecule has 5 heteroatoms. The SMILES string of the molecule is COc1cc(N2C(=O)C3CCCCC3C2=O)ccc1N. The second-order valence-corrected chi connectivity index (χ2v) is 5.44. The van der Waals surface area contributed by atoms with Gasteiger partial charge in [0.25, 0.3) is 0 Å². The second-order valence-electron chi connectivity index (χ2n) is 5.44. The first-order valence-electron chi connectivity index (χ1n) is 6.95. The minimum atomic E-state index is -0.139. The Balaban J connectivity index is 1.97. The Bertz CT molecular complexity index is 546. The highest BCUT2D eigenvalue weighted by Crippen LogP contribution is 2.41. The van der Waals surface area contributed by atoms with E-state index < -0.39 is 0 Å². The third-order valence-corrected chi connectivity index (χ3v) is 4.32. The minimum absolute atomic E-state index is 0.0773. The van der Waals surface area contributed by atoms with E-state index in [1.807, 2.05) is 0 Å². The Morgan fingerprint density at radius 3 is 2.30 bits per heavy atom. The molecular weight excluding hydrogens is 256 g/mol. The first-order valence-corrected chi connectivity index (χ1v) is 6.95. The summed E-state index contributed by atoms with van der Waals surface area (Å²) in [5, 5.41) is 0. The van der Waals surface area contributed by atoms with E-state index in [2.05, 4.69) is 0 Å². The predicted molar refractivity (Wildman–Crippen MR) is 75.3 cm³/mol. The lowest BCUT2D eigenvalue weighted by Crippen LogP contribution is -2.30. The molecule has 2 unspecified atom stereocenters. The van der Waals surface area contributed by atoms with Crippen molar-refractivity contribution in [3.05, 3.63) is 18.2 Å². The minimum Gasteiger partial charge on any atom is -0.495 e. The molecular formula is C15H18N2O3. The van der Waals surface area contributed by atoms with Crippen LogP contribution in [-0.2, 0) is 9.59 Å². The van der Waals surface area contributed by atoms with Gasteiger partial charge in [-0.1, -0.05) is 12.8 Å². The van der Waals surface area contributed by atoms with Crippen molar-refractivity contribution >= 4 is 23.2 Å². The summed E-state index contributed by atoms with van der Waals surface area (Å²) >= 11 is 0. The molecule has 2 amide bonds. The zero-order chi connectivity index (χ0) is 14.3. The number of rotatable bonds is 2. The number of hydrogen-bond donors (Lipinski definition) is 1. The van der Waals surface area contributed by atoms with Gasteiger partial charge in [-0.3, -0.25) is 9.59 Å². The van der Waals surface area contributed by atoms with E-state index in [4.69, 9.17) is 10.5 Å². The lowest BCUT2D eigenvalue weighted by molar-refractivity contribution is -0.122. The van der Waals surface area contributed by atoms with E-state index in [-0.39, 0.29) is 23.7 Å². The van der Waals surface area contributed by atoms with Crippen LogP contribution in [-0.4, -0.2) is 18.9 Å². The summed E-state index contributed by atoms with van der Waals surface area (Å²) in [7, 11) is 1.52. The van der Waals surface area contributed by atoms with Gasteiger partial charge in [0.15, 0.2) is 0 Å². The van der Waals surface area contributed by atoms with Crippen LogP contribution in [0.3, 0.4) is 0 Å². The highest BCUT2D eigenvalue weighted by molar-refractivity contribution is 6.22. The number of imide groups is 1. The number of nitrogens with two attached hydrogens (primary N) is 1. The van der Waals surface area contributed by atoms with Crippen LogP contribution in [0.2, 0.25) is 0 Å². The van der Waals surface area contributed by atoms with Gasteiger partial charge in [-0.2, -0.15) is 0 Å².